The van der Waals surface area contributed by atoms with Crippen LogP contribution in [0, 0.1) is 23.7 Å². The standard InChI is InChI=1S/C22H28O4/c1-2-3-4-5-6-7-10-21(24)19-15-12-18(13-16-19)14-17-20(23)9-8-11-22(25)26/h12-13,15-16,20-21,23-24H,2-5,8-11H2,1H3,(H,25,26). The van der Waals surface area contributed by atoms with Crippen LogP contribution in [0.3, 0.4) is 0 Å². The molecule has 26 heavy (non-hydrogen) atoms. The van der Waals surface area contributed by atoms with Gasteiger partial charge in [0, 0.05) is 24.8 Å². The number of unbranched alkanes of at least 4 members (excludes halogenated alkanes) is 3. The van der Waals surface area contributed by atoms with Gasteiger partial charge in [0.25, 0.3) is 0 Å². The number of hydrogen-bond acceptors (Lipinski definition) is 3. The van der Waals surface area contributed by atoms with Crippen LogP contribution in [0.5, 0.6) is 0 Å². The Morgan fingerprint density at radius 2 is 1.81 bits per heavy atom. The number of carboxylic acids is 1. The highest BCUT2D eigenvalue weighted by Crippen LogP contribution is 2.16. The summed E-state index contributed by atoms with van der Waals surface area (Å²) >= 11 is 0. The second kappa shape index (κ2) is 13.0. The van der Waals surface area contributed by atoms with Gasteiger partial charge < -0.3 is 15.3 Å². The molecule has 0 aliphatic carbocycles. The first-order valence-electron chi connectivity index (χ1n) is 9.18. The molecule has 4 heteroatoms. The van der Waals surface area contributed by atoms with E-state index >= 15 is 0 Å². The van der Waals surface area contributed by atoms with Gasteiger partial charge in [0.1, 0.15) is 6.10 Å². The summed E-state index contributed by atoms with van der Waals surface area (Å²) in [5.41, 5.74) is 1.53. The molecule has 0 amide bonds. The molecule has 0 spiro atoms. The third kappa shape index (κ3) is 9.89. The van der Waals surface area contributed by atoms with E-state index in [1.807, 2.05) is 12.1 Å². The van der Waals surface area contributed by atoms with E-state index in [0.717, 1.165) is 24.0 Å². The number of aliphatic hydroxyl groups is 2. The number of aliphatic hydroxyl groups excluding tert-OH is 2. The highest BCUT2D eigenvalue weighted by molar-refractivity contribution is 5.66. The third-order valence-electron chi connectivity index (χ3n) is 3.87. The summed E-state index contributed by atoms with van der Waals surface area (Å²) in [6.45, 7) is 2.16. The molecular formula is C22H28O4. The topological polar surface area (TPSA) is 77.8 Å². The zero-order valence-corrected chi connectivity index (χ0v) is 15.4. The van der Waals surface area contributed by atoms with Crippen LogP contribution < -0.4 is 0 Å². The Balaban J connectivity index is 2.45. The maximum absolute atomic E-state index is 10.4. The second-order valence-electron chi connectivity index (χ2n) is 6.22. The lowest BCUT2D eigenvalue weighted by Gasteiger charge is -2.07. The summed E-state index contributed by atoms with van der Waals surface area (Å²) in [5.74, 6) is 10.8. The van der Waals surface area contributed by atoms with E-state index in [4.69, 9.17) is 5.11 Å². The van der Waals surface area contributed by atoms with Crippen LogP contribution in [0.15, 0.2) is 24.3 Å². The van der Waals surface area contributed by atoms with E-state index in [0.29, 0.717) is 19.3 Å². The summed E-state index contributed by atoms with van der Waals surface area (Å²) in [7, 11) is 0. The number of rotatable bonds is 9. The molecule has 1 aromatic carbocycles. The van der Waals surface area contributed by atoms with Crippen molar-refractivity contribution in [3.05, 3.63) is 35.4 Å². The molecule has 0 saturated carbocycles. The first kappa shape index (κ1) is 21.8. The first-order chi connectivity index (χ1) is 12.5. The van der Waals surface area contributed by atoms with Gasteiger partial charge in [-0.05, 0) is 37.0 Å². The van der Waals surface area contributed by atoms with Crippen molar-refractivity contribution in [1.82, 2.24) is 0 Å². The molecule has 3 N–H and O–H groups in total. The normalized spacial score (nSPS) is 12.3. The SMILES string of the molecule is CCCCCC#CCC(O)c1ccc(C#CC(O)CCCC(=O)O)cc1. The van der Waals surface area contributed by atoms with E-state index in [1.165, 1.54) is 12.8 Å². The predicted octanol–water partition coefficient (Wildman–Crippen LogP) is 3.66. The Morgan fingerprint density at radius 3 is 2.46 bits per heavy atom. The Morgan fingerprint density at radius 1 is 1.08 bits per heavy atom. The summed E-state index contributed by atoms with van der Waals surface area (Å²) in [4.78, 5) is 10.4. The third-order valence-corrected chi connectivity index (χ3v) is 3.87. The molecule has 0 aromatic heterocycles. The van der Waals surface area contributed by atoms with Crippen molar-refractivity contribution in [3.63, 3.8) is 0 Å². The lowest BCUT2D eigenvalue weighted by molar-refractivity contribution is -0.137. The molecule has 0 aliphatic rings. The fourth-order valence-electron chi connectivity index (χ4n) is 2.31. The Bertz CT molecular complexity index is 655. The largest absolute Gasteiger partial charge is 0.481 e. The average molecular weight is 356 g/mol. The van der Waals surface area contributed by atoms with Gasteiger partial charge in [0.2, 0.25) is 0 Å². The fourth-order valence-corrected chi connectivity index (χ4v) is 2.31. The molecule has 0 radical (unpaired) electrons. The van der Waals surface area contributed by atoms with Crippen molar-refractivity contribution in [2.75, 3.05) is 0 Å². The van der Waals surface area contributed by atoms with Crippen LogP contribution in [0.2, 0.25) is 0 Å². The van der Waals surface area contributed by atoms with Gasteiger partial charge in [-0.3, -0.25) is 4.79 Å². The van der Waals surface area contributed by atoms with Gasteiger partial charge in [-0.15, -0.1) is 11.8 Å². The van der Waals surface area contributed by atoms with Gasteiger partial charge in [-0.2, -0.15) is 0 Å². The van der Waals surface area contributed by atoms with Gasteiger partial charge in [0.15, 0.2) is 0 Å². The molecule has 140 valence electrons. The van der Waals surface area contributed by atoms with Crippen LogP contribution >= 0.6 is 0 Å². The molecule has 0 saturated heterocycles. The summed E-state index contributed by atoms with van der Waals surface area (Å²) < 4.78 is 0. The van der Waals surface area contributed by atoms with E-state index in [2.05, 4.69) is 30.6 Å². The van der Waals surface area contributed by atoms with Crippen molar-refractivity contribution in [1.29, 1.82) is 0 Å². The molecular weight excluding hydrogens is 328 g/mol. The van der Waals surface area contributed by atoms with Crippen molar-refractivity contribution in [2.45, 2.75) is 70.5 Å². The van der Waals surface area contributed by atoms with Crippen LogP contribution in [0.25, 0.3) is 0 Å². The van der Waals surface area contributed by atoms with Crippen LogP contribution in [0.4, 0.5) is 0 Å². The zero-order chi connectivity index (χ0) is 19.2. The Hall–Kier alpha value is -2.27. The maximum Gasteiger partial charge on any atom is 0.303 e. The number of hydrogen-bond donors (Lipinski definition) is 3. The van der Waals surface area contributed by atoms with Gasteiger partial charge in [-0.1, -0.05) is 43.7 Å². The van der Waals surface area contributed by atoms with Gasteiger partial charge >= 0.3 is 5.97 Å². The number of benzene rings is 1. The lowest BCUT2D eigenvalue weighted by Crippen LogP contribution is -2.04. The minimum Gasteiger partial charge on any atom is -0.481 e. The van der Waals surface area contributed by atoms with Crippen molar-refractivity contribution >= 4 is 5.97 Å². The maximum atomic E-state index is 10.4. The van der Waals surface area contributed by atoms with E-state index in [9.17, 15) is 15.0 Å². The number of carboxylic acid groups (broad SMARTS) is 1. The van der Waals surface area contributed by atoms with E-state index < -0.39 is 18.2 Å². The number of aliphatic carboxylic acids is 1. The van der Waals surface area contributed by atoms with Gasteiger partial charge in [0.05, 0.1) is 6.10 Å². The quantitative estimate of drug-likeness (QED) is 0.466. The molecule has 0 bridgehead atoms. The van der Waals surface area contributed by atoms with Crippen molar-refractivity contribution < 1.29 is 20.1 Å². The minimum absolute atomic E-state index is 0.0345. The monoisotopic (exact) mass is 356 g/mol. The molecule has 2 atom stereocenters. The Labute approximate surface area is 156 Å². The minimum atomic E-state index is -0.870. The summed E-state index contributed by atoms with van der Waals surface area (Å²) in [6.07, 6.45) is 4.10. The molecule has 1 rings (SSSR count). The van der Waals surface area contributed by atoms with Gasteiger partial charge in [-0.25, -0.2) is 0 Å². The molecule has 0 aliphatic heterocycles. The average Bonchev–Trinajstić information content (AvgIpc) is 2.63. The van der Waals surface area contributed by atoms with E-state index in [-0.39, 0.29) is 6.42 Å². The highest BCUT2D eigenvalue weighted by Gasteiger charge is 2.05. The van der Waals surface area contributed by atoms with Crippen molar-refractivity contribution in [3.8, 4) is 23.7 Å². The molecule has 2 unspecified atom stereocenters. The van der Waals surface area contributed by atoms with Crippen LogP contribution in [-0.4, -0.2) is 27.4 Å². The van der Waals surface area contributed by atoms with Crippen LogP contribution in [0.1, 0.15) is 75.5 Å². The smallest absolute Gasteiger partial charge is 0.303 e. The summed E-state index contributed by atoms with van der Waals surface area (Å²) in [6, 6.07) is 7.21. The lowest BCUT2D eigenvalue weighted by atomic mass is 10.0. The molecule has 0 fully saturated rings. The van der Waals surface area contributed by atoms with E-state index in [1.54, 1.807) is 12.1 Å². The molecule has 1 aromatic rings. The number of carbonyl (C=O) groups is 1. The van der Waals surface area contributed by atoms with Crippen molar-refractivity contribution in [2.24, 2.45) is 0 Å². The summed E-state index contributed by atoms with van der Waals surface area (Å²) in [5, 5.41) is 28.4. The highest BCUT2D eigenvalue weighted by atomic mass is 16.4. The Kier molecular flexibility index (Phi) is 10.9. The molecule has 4 nitrogen and oxygen atoms in total. The predicted molar refractivity (Wildman–Crippen MR) is 102 cm³/mol. The van der Waals surface area contributed by atoms with Crippen LogP contribution in [-0.2, 0) is 4.79 Å². The molecule has 0 heterocycles. The second-order valence-corrected chi connectivity index (χ2v) is 6.22. The first-order valence-corrected chi connectivity index (χ1v) is 9.18. The fraction of sp³-hybridized carbons (Fsp3) is 0.500. The zero-order valence-electron chi connectivity index (χ0n) is 15.4.